The number of thiophene rings is 1. The van der Waals surface area contributed by atoms with Crippen LogP contribution in [0.3, 0.4) is 0 Å². The maximum atomic E-state index is 9.52. The van der Waals surface area contributed by atoms with Gasteiger partial charge in [0.05, 0.1) is 12.6 Å². The standard InChI is InChI=1S/C17H30N4OS/c1-3-18-17(20-13-16-6-5-14(2)23-16)19-9-4-10-21-11-7-15(22)8-12-21/h5-6,15,22H,3-4,7-13H2,1-2H3,(H2,18,19,20). The number of guanidine groups is 1. The van der Waals surface area contributed by atoms with E-state index in [-0.39, 0.29) is 6.10 Å². The van der Waals surface area contributed by atoms with Crippen molar-refractivity contribution in [1.82, 2.24) is 15.5 Å². The van der Waals surface area contributed by atoms with Crippen LogP contribution in [0.4, 0.5) is 0 Å². The fraction of sp³-hybridized carbons (Fsp3) is 0.706. The number of aliphatic imine (C=N–C) groups is 1. The zero-order valence-corrected chi connectivity index (χ0v) is 15.2. The van der Waals surface area contributed by atoms with Gasteiger partial charge in [0.2, 0.25) is 0 Å². The van der Waals surface area contributed by atoms with Crippen molar-refractivity contribution < 1.29 is 5.11 Å². The maximum absolute atomic E-state index is 9.52. The summed E-state index contributed by atoms with van der Waals surface area (Å²) < 4.78 is 0. The molecule has 1 fully saturated rings. The van der Waals surface area contributed by atoms with Crippen molar-refractivity contribution in [3.8, 4) is 0 Å². The zero-order valence-electron chi connectivity index (χ0n) is 14.3. The second-order valence-corrected chi connectivity index (χ2v) is 7.43. The molecule has 0 bridgehead atoms. The van der Waals surface area contributed by atoms with Gasteiger partial charge in [-0.15, -0.1) is 11.3 Å². The van der Waals surface area contributed by atoms with Crippen LogP contribution in [0.15, 0.2) is 17.1 Å². The Labute approximate surface area is 143 Å². The predicted molar refractivity (Wildman–Crippen MR) is 98.2 cm³/mol. The summed E-state index contributed by atoms with van der Waals surface area (Å²) >= 11 is 1.81. The lowest BCUT2D eigenvalue weighted by atomic mass is 10.1. The highest BCUT2D eigenvalue weighted by Crippen LogP contribution is 2.15. The molecule has 1 aromatic rings. The maximum Gasteiger partial charge on any atom is 0.191 e. The third-order valence-corrected chi connectivity index (χ3v) is 5.02. The first-order valence-electron chi connectivity index (χ1n) is 8.65. The number of aryl methyl sites for hydroxylation is 1. The van der Waals surface area contributed by atoms with Crippen molar-refractivity contribution in [3.63, 3.8) is 0 Å². The number of likely N-dealkylation sites (tertiary alicyclic amines) is 1. The summed E-state index contributed by atoms with van der Waals surface area (Å²) in [5.74, 6) is 0.896. The van der Waals surface area contributed by atoms with Crippen molar-refractivity contribution in [2.24, 2.45) is 4.99 Å². The molecule has 130 valence electrons. The molecule has 23 heavy (non-hydrogen) atoms. The van der Waals surface area contributed by atoms with E-state index in [0.29, 0.717) is 0 Å². The molecule has 0 spiro atoms. The number of hydrogen-bond acceptors (Lipinski definition) is 4. The van der Waals surface area contributed by atoms with Crippen molar-refractivity contribution in [1.29, 1.82) is 0 Å². The van der Waals surface area contributed by atoms with Crippen LogP contribution in [0.5, 0.6) is 0 Å². The number of nitrogens with zero attached hydrogens (tertiary/aromatic N) is 2. The molecule has 1 aliphatic rings. The number of nitrogens with one attached hydrogen (secondary N) is 2. The highest BCUT2D eigenvalue weighted by molar-refractivity contribution is 7.11. The van der Waals surface area contributed by atoms with Crippen molar-refractivity contribution in [2.45, 2.75) is 45.8 Å². The van der Waals surface area contributed by atoms with Gasteiger partial charge < -0.3 is 20.6 Å². The van der Waals surface area contributed by atoms with Gasteiger partial charge in [0, 0.05) is 35.9 Å². The highest BCUT2D eigenvalue weighted by Gasteiger charge is 2.15. The van der Waals surface area contributed by atoms with Gasteiger partial charge in [0.25, 0.3) is 0 Å². The summed E-state index contributed by atoms with van der Waals surface area (Å²) in [5, 5.41) is 16.2. The van der Waals surface area contributed by atoms with Crippen LogP contribution in [0.2, 0.25) is 0 Å². The van der Waals surface area contributed by atoms with Crippen LogP contribution in [0.1, 0.15) is 35.9 Å². The van der Waals surface area contributed by atoms with E-state index in [1.54, 1.807) is 11.3 Å². The van der Waals surface area contributed by atoms with E-state index in [9.17, 15) is 5.11 Å². The molecule has 0 atom stereocenters. The monoisotopic (exact) mass is 338 g/mol. The Morgan fingerprint density at radius 2 is 2.13 bits per heavy atom. The lowest BCUT2D eigenvalue weighted by Crippen LogP contribution is -2.40. The van der Waals surface area contributed by atoms with E-state index in [1.165, 1.54) is 9.75 Å². The minimum atomic E-state index is -0.0854. The quantitative estimate of drug-likeness (QED) is 0.404. The second kappa shape index (κ2) is 9.90. The topological polar surface area (TPSA) is 59.9 Å². The first-order chi connectivity index (χ1) is 11.2. The first kappa shape index (κ1) is 18.2. The average Bonchev–Trinajstić information content (AvgIpc) is 2.96. The smallest absolute Gasteiger partial charge is 0.191 e. The summed E-state index contributed by atoms with van der Waals surface area (Å²) in [6.07, 6.45) is 2.84. The Kier molecular flexibility index (Phi) is 7.85. The molecule has 0 aromatic carbocycles. The molecular formula is C17H30N4OS. The summed E-state index contributed by atoms with van der Waals surface area (Å²) in [6.45, 7) is 9.88. The summed E-state index contributed by atoms with van der Waals surface area (Å²) in [4.78, 5) is 9.72. The fourth-order valence-electron chi connectivity index (χ4n) is 2.72. The Bertz CT molecular complexity index is 481. The molecule has 1 saturated heterocycles. The van der Waals surface area contributed by atoms with E-state index in [4.69, 9.17) is 0 Å². The molecule has 0 aliphatic carbocycles. The van der Waals surface area contributed by atoms with E-state index in [1.807, 2.05) is 0 Å². The van der Waals surface area contributed by atoms with Crippen molar-refractivity contribution >= 4 is 17.3 Å². The lowest BCUT2D eigenvalue weighted by molar-refractivity contribution is 0.0823. The van der Waals surface area contributed by atoms with Crippen LogP contribution in [-0.4, -0.2) is 54.8 Å². The predicted octanol–water partition coefficient (Wildman–Crippen LogP) is 1.96. The van der Waals surface area contributed by atoms with Crippen LogP contribution >= 0.6 is 11.3 Å². The van der Waals surface area contributed by atoms with E-state index < -0.39 is 0 Å². The molecule has 6 heteroatoms. The molecule has 1 aliphatic heterocycles. The van der Waals surface area contributed by atoms with Crippen LogP contribution in [-0.2, 0) is 6.54 Å². The van der Waals surface area contributed by atoms with Gasteiger partial charge >= 0.3 is 0 Å². The minimum absolute atomic E-state index is 0.0854. The Balaban J connectivity index is 1.67. The minimum Gasteiger partial charge on any atom is -0.393 e. The first-order valence-corrected chi connectivity index (χ1v) is 9.47. The number of aliphatic hydroxyl groups is 1. The van der Waals surface area contributed by atoms with Crippen LogP contribution in [0, 0.1) is 6.92 Å². The molecule has 2 heterocycles. The van der Waals surface area contributed by atoms with E-state index in [2.05, 4.69) is 46.5 Å². The van der Waals surface area contributed by atoms with Gasteiger partial charge in [-0.25, -0.2) is 4.99 Å². The Hall–Kier alpha value is -1.11. The molecule has 0 saturated carbocycles. The molecule has 5 nitrogen and oxygen atoms in total. The van der Waals surface area contributed by atoms with Gasteiger partial charge in [-0.05, 0) is 51.8 Å². The molecule has 0 unspecified atom stereocenters. The van der Waals surface area contributed by atoms with E-state index in [0.717, 1.165) is 64.5 Å². The van der Waals surface area contributed by atoms with Crippen LogP contribution in [0.25, 0.3) is 0 Å². The zero-order chi connectivity index (χ0) is 16.5. The van der Waals surface area contributed by atoms with Crippen LogP contribution < -0.4 is 10.6 Å². The van der Waals surface area contributed by atoms with E-state index >= 15 is 0 Å². The van der Waals surface area contributed by atoms with Gasteiger partial charge in [0.1, 0.15) is 0 Å². The molecule has 0 amide bonds. The molecule has 0 radical (unpaired) electrons. The molecule has 3 N–H and O–H groups in total. The number of hydrogen-bond donors (Lipinski definition) is 3. The summed E-state index contributed by atoms with van der Waals surface area (Å²) in [5.41, 5.74) is 0. The van der Waals surface area contributed by atoms with Crippen molar-refractivity contribution in [2.75, 3.05) is 32.7 Å². The molecule has 1 aromatic heterocycles. The number of aliphatic hydroxyl groups excluding tert-OH is 1. The Morgan fingerprint density at radius 1 is 1.35 bits per heavy atom. The second-order valence-electron chi connectivity index (χ2n) is 6.06. The van der Waals surface area contributed by atoms with Crippen molar-refractivity contribution in [3.05, 3.63) is 21.9 Å². The highest BCUT2D eigenvalue weighted by atomic mass is 32.1. The molecular weight excluding hydrogens is 308 g/mol. The average molecular weight is 339 g/mol. The third kappa shape index (κ3) is 6.89. The van der Waals surface area contributed by atoms with Gasteiger partial charge in [-0.2, -0.15) is 0 Å². The van der Waals surface area contributed by atoms with Gasteiger partial charge in [-0.3, -0.25) is 0 Å². The van der Waals surface area contributed by atoms with Gasteiger partial charge in [0.15, 0.2) is 5.96 Å². The molecule has 2 rings (SSSR count). The fourth-order valence-corrected chi connectivity index (χ4v) is 3.54. The lowest BCUT2D eigenvalue weighted by Gasteiger charge is -2.29. The number of rotatable bonds is 7. The SMILES string of the molecule is CCNC(=NCc1ccc(C)s1)NCCCN1CCC(O)CC1. The number of piperidine rings is 1. The summed E-state index contributed by atoms with van der Waals surface area (Å²) in [6, 6.07) is 4.29. The third-order valence-electron chi connectivity index (χ3n) is 4.03. The van der Waals surface area contributed by atoms with Gasteiger partial charge in [-0.1, -0.05) is 0 Å². The largest absolute Gasteiger partial charge is 0.393 e. The summed E-state index contributed by atoms with van der Waals surface area (Å²) in [7, 11) is 0. The normalized spacial score (nSPS) is 17.4. The Morgan fingerprint density at radius 3 is 2.78 bits per heavy atom.